The number of hydrogen-bond donors (Lipinski definition) is 0. The van der Waals surface area contributed by atoms with Crippen LogP contribution in [0.2, 0.25) is 0 Å². The largest absolute Gasteiger partial charge is 0.872 e. The van der Waals surface area contributed by atoms with Gasteiger partial charge in [0.15, 0.2) is 12.4 Å². The number of hydrogen-bond acceptors (Lipinski definition) is 5. The summed E-state index contributed by atoms with van der Waals surface area (Å²) < 4.78 is 10.8. The first kappa shape index (κ1) is 23.5. The highest BCUT2D eigenvalue weighted by Gasteiger charge is 2.44. The van der Waals surface area contributed by atoms with Gasteiger partial charge < -0.3 is 19.5 Å². The van der Waals surface area contributed by atoms with Gasteiger partial charge in [-0.1, -0.05) is 25.7 Å². The number of benzene rings is 1. The van der Waals surface area contributed by atoms with Crippen LogP contribution < -0.4 is 14.8 Å². The predicted molar refractivity (Wildman–Crippen MR) is 117 cm³/mol. The van der Waals surface area contributed by atoms with E-state index in [-0.39, 0.29) is 5.57 Å². The minimum atomic E-state index is -0.746. The van der Waals surface area contributed by atoms with E-state index in [4.69, 9.17) is 9.47 Å². The van der Waals surface area contributed by atoms with Crippen molar-refractivity contribution >= 4 is 17.4 Å². The van der Waals surface area contributed by atoms with Crippen LogP contribution in [0.4, 0.5) is 0 Å². The van der Waals surface area contributed by atoms with Gasteiger partial charge in [-0.2, -0.15) is 0 Å². The van der Waals surface area contributed by atoms with Crippen molar-refractivity contribution in [2.75, 3.05) is 26.9 Å². The van der Waals surface area contributed by atoms with Crippen molar-refractivity contribution in [1.29, 1.82) is 0 Å². The van der Waals surface area contributed by atoms with Crippen LogP contribution in [0.15, 0.2) is 48.3 Å². The molecule has 1 aromatic heterocycles. The average molecular weight is 439 g/mol. The number of amides is 1. The van der Waals surface area contributed by atoms with Crippen LogP contribution in [-0.2, 0) is 14.3 Å². The van der Waals surface area contributed by atoms with Crippen LogP contribution in [0.5, 0.6) is 5.75 Å². The molecule has 2 heterocycles. The highest BCUT2D eigenvalue weighted by atomic mass is 16.5. The third kappa shape index (κ3) is 4.99. The second-order valence-electron chi connectivity index (χ2n) is 8.33. The van der Waals surface area contributed by atoms with Crippen LogP contribution in [-0.4, -0.2) is 43.5 Å². The predicted octanol–water partition coefficient (Wildman–Crippen LogP) is 2.10. The van der Waals surface area contributed by atoms with Crippen molar-refractivity contribution in [2.45, 2.75) is 33.2 Å². The van der Waals surface area contributed by atoms with E-state index in [1.165, 1.54) is 4.90 Å². The van der Waals surface area contributed by atoms with Gasteiger partial charge in [0.25, 0.3) is 5.91 Å². The number of nitrogens with zero attached hydrogens (tertiary/aromatic N) is 1. The van der Waals surface area contributed by atoms with Crippen molar-refractivity contribution < 1.29 is 29.2 Å². The Labute approximate surface area is 188 Å². The molecule has 0 radical (unpaired) electrons. The Morgan fingerprint density at radius 1 is 1.19 bits per heavy atom. The van der Waals surface area contributed by atoms with Crippen LogP contribution in [0.1, 0.15) is 43.0 Å². The molecule has 1 aliphatic rings. The molecule has 1 aliphatic heterocycles. The fraction of sp³-hybridized carbons (Fsp3) is 0.400. The first-order valence-electron chi connectivity index (χ1n) is 10.8. The fourth-order valence-corrected chi connectivity index (χ4v) is 3.80. The lowest BCUT2D eigenvalue weighted by atomic mass is 9.94. The number of aromatic nitrogens is 1. The topological polar surface area (TPSA) is 93.0 Å². The first-order valence-corrected chi connectivity index (χ1v) is 10.8. The number of ketones is 1. The van der Waals surface area contributed by atoms with Gasteiger partial charge in [-0.15, -0.1) is 0 Å². The molecule has 0 bridgehead atoms. The summed E-state index contributed by atoms with van der Waals surface area (Å²) in [5, 5.41) is 13.6. The van der Waals surface area contributed by atoms with Gasteiger partial charge in [-0.25, -0.2) is 4.98 Å². The molecule has 0 spiro atoms. The van der Waals surface area contributed by atoms with Gasteiger partial charge in [-0.05, 0) is 48.1 Å². The average Bonchev–Trinajstić information content (AvgIpc) is 3.03. The van der Waals surface area contributed by atoms with Crippen molar-refractivity contribution in [3.05, 3.63) is 65.0 Å². The van der Waals surface area contributed by atoms with Gasteiger partial charge >= 0.3 is 0 Å². The zero-order valence-corrected chi connectivity index (χ0v) is 19.0. The number of rotatable bonds is 9. The zero-order chi connectivity index (χ0) is 23.3. The lowest BCUT2D eigenvalue weighted by molar-refractivity contribution is -0.378. The quantitative estimate of drug-likeness (QED) is 0.259. The van der Waals surface area contributed by atoms with Crippen molar-refractivity contribution in [3.8, 4) is 5.75 Å². The van der Waals surface area contributed by atoms with Crippen LogP contribution in [0.3, 0.4) is 0 Å². The Kier molecular flexibility index (Phi) is 7.64. The number of aromatic amines is 1. The molecular formula is C25H30N2O5. The number of pyridine rings is 1. The number of methoxy groups -OCH3 is 1. The number of carbonyl (C=O) groups is 2. The maximum atomic E-state index is 13.6. The summed E-state index contributed by atoms with van der Waals surface area (Å²) in [6, 6.07) is 8.02. The Morgan fingerprint density at radius 2 is 1.91 bits per heavy atom. The molecule has 1 amide bonds. The van der Waals surface area contributed by atoms with E-state index in [2.05, 4.69) is 18.8 Å². The van der Waals surface area contributed by atoms with Crippen molar-refractivity contribution in [1.82, 2.24) is 4.90 Å². The van der Waals surface area contributed by atoms with Crippen molar-refractivity contribution in [2.24, 2.45) is 5.92 Å². The molecule has 0 saturated carbocycles. The van der Waals surface area contributed by atoms with Gasteiger partial charge in [-0.3, -0.25) is 9.59 Å². The number of likely N-dealkylation sites (tertiary alicyclic amines) is 1. The summed E-state index contributed by atoms with van der Waals surface area (Å²) in [7, 11) is 1.58. The number of H-pyrrole nitrogens is 1. The Hall–Kier alpha value is -3.19. The van der Waals surface area contributed by atoms with E-state index in [9.17, 15) is 14.7 Å². The van der Waals surface area contributed by atoms with Gasteiger partial charge in [0.05, 0.1) is 12.6 Å². The molecule has 32 heavy (non-hydrogen) atoms. The molecule has 2 aromatic rings. The van der Waals surface area contributed by atoms with Gasteiger partial charge in [0.1, 0.15) is 5.75 Å². The van der Waals surface area contributed by atoms with Crippen LogP contribution >= 0.6 is 0 Å². The number of nitrogens with one attached hydrogen (secondary N) is 1. The maximum Gasteiger partial charge on any atom is 0.295 e. The molecule has 3 rings (SSSR count). The number of Topliss-reactive ketones (excluding diaryl/α,β-unsaturated/α-hetero) is 1. The summed E-state index contributed by atoms with van der Waals surface area (Å²) >= 11 is 0. The summed E-state index contributed by atoms with van der Waals surface area (Å²) in [4.78, 5) is 30.3. The molecule has 7 heteroatoms. The van der Waals surface area contributed by atoms with Crippen LogP contribution in [0, 0.1) is 12.8 Å². The third-order valence-electron chi connectivity index (χ3n) is 5.36. The fourth-order valence-electron chi connectivity index (χ4n) is 3.80. The molecule has 1 unspecified atom stereocenters. The highest BCUT2D eigenvalue weighted by molar-refractivity contribution is 6.46. The lowest BCUT2D eigenvalue weighted by Gasteiger charge is -2.27. The monoisotopic (exact) mass is 438 g/mol. The normalized spacial score (nSPS) is 17.9. The second kappa shape index (κ2) is 10.4. The molecule has 1 N–H and O–H groups in total. The van der Waals surface area contributed by atoms with E-state index in [0.29, 0.717) is 54.5 Å². The number of aryl methyl sites for hydroxylation is 1. The SMILES string of the molecule is COCCCN1C(=O)C(=O)/C(=C(/[O-])c2ccc(OCC(C)C)cc2C)C1c1cc[nH+]cc1. The lowest BCUT2D eigenvalue weighted by Crippen LogP contribution is -2.31. The maximum absolute atomic E-state index is 13.6. The summed E-state index contributed by atoms with van der Waals surface area (Å²) in [6.07, 6.45) is 3.99. The molecular weight excluding hydrogens is 408 g/mol. The van der Waals surface area contributed by atoms with Crippen molar-refractivity contribution in [3.63, 3.8) is 0 Å². The molecule has 1 aromatic carbocycles. The van der Waals surface area contributed by atoms with E-state index in [1.54, 1.807) is 56.8 Å². The summed E-state index contributed by atoms with van der Waals surface area (Å²) in [6.45, 7) is 7.27. The third-order valence-corrected chi connectivity index (χ3v) is 5.36. The van der Waals surface area contributed by atoms with Crippen LogP contribution in [0.25, 0.3) is 5.76 Å². The molecule has 170 valence electrons. The molecule has 7 nitrogen and oxygen atoms in total. The molecule has 1 fully saturated rings. The van der Waals surface area contributed by atoms with E-state index >= 15 is 0 Å². The molecule has 1 saturated heterocycles. The smallest absolute Gasteiger partial charge is 0.295 e. The minimum absolute atomic E-state index is 0.0161. The van der Waals surface area contributed by atoms with Gasteiger partial charge in [0, 0.05) is 38.0 Å². The molecule has 0 aliphatic carbocycles. The zero-order valence-electron chi connectivity index (χ0n) is 19.0. The number of carbonyl (C=O) groups excluding carboxylic acids is 2. The van der Waals surface area contributed by atoms with E-state index in [1.807, 2.05) is 0 Å². The minimum Gasteiger partial charge on any atom is -0.872 e. The van der Waals surface area contributed by atoms with E-state index < -0.39 is 23.5 Å². The summed E-state index contributed by atoms with van der Waals surface area (Å²) in [5.74, 6) is -0.782. The summed E-state index contributed by atoms with van der Waals surface area (Å²) in [5.41, 5.74) is 1.78. The van der Waals surface area contributed by atoms with Gasteiger partial charge in [0.2, 0.25) is 5.78 Å². The Bertz CT molecular complexity index is 1000. The van der Waals surface area contributed by atoms with E-state index in [0.717, 1.165) is 0 Å². The highest BCUT2D eigenvalue weighted by Crippen LogP contribution is 2.39. The standard InChI is InChI=1S/C25H30N2O5/c1-16(2)15-32-19-6-7-20(17(3)14-19)23(28)21-22(18-8-10-26-11-9-18)27(12-5-13-31-4)25(30)24(21)29/h6-11,14,16,22,28H,5,12-13,15H2,1-4H3/b23-21+. The Morgan fingerprint density at radius 3 is 2.53 bits per heavy atom. The number of ether oxygens (including phenoxy) is 2. The first-order chi connectivity index (χ1) is 15.3. The second-order valence-corrected chi connectivity index (χ2v) is 8.33. The Balaban J connectivity index is 2.04. The molecule has 1 atom stereocenters.